The molecule has 2 aliphatic heterocycles. The van der Waals surface area contributed by atoms with Gasteiger partial charge in [0.15, 0.2) is 6.10 Å². The Hall–Kier alpha value is -5.65. The highest BCUT2D eigenvalue weighted by atomic mass is 16.6. The van der Waals surface area contributed by atoms with Crippen LogP contribution >= 0.6 is 0 Å². The number of nitrogens with zero attached hydrogens (tertiary/aromatic N) is 4. The number of carboxylic acids is 1. The number of rotatable bonds is 22. The molecule has 1 unspecified atom stereocenters. The zero-order valence-corrected chi connectivity index (χ0v) is 34.4. The number of amides is 5. The molecule has 0 spiro atoms. The summed E-state index contributed by atoms with van der Waals surface area (Å²) in [6.07, 6.45) is -4.84. The van der Waals surface area contributed by atoms with Gasteiger partial charge in [0, 0.05) is 44.5 Å². The van der Waals surface area contributed by atoms with Crippen molar-refractivity contribution < 1.29 is 72.9 Å². The van der Waals surface area contributed by atoms with E-state index in [0.29, 0.717) is 37.5 Å². The fourth-order valence-electron chi connectivity index (χ4n) is 6.51. The van der Waals surface area contributed by atoms with Gasteiger partial charge >= 0.3 is 11.9 Å². The van der Waals surface area contributed by atoms with Crippen LogP contribution in [0.15, 0.2) is 36.5 Å². The molecule has 2 aliphatic rings. The van der Waals surface area contributed by atoms with Crippen molar-refractivity contribution in [3.8, 4) is 0 Å². The molecule has 22 heteroatoms. The molecular weight excluding hydrogens is 806 g/mol. The number of ether oxygens (including phenoxy) is 4. The predicted molar refractivity (Wildman–Crippen MR) is 209 cm³/mol. The van der Waals surface area contributed by atoms with Gasteiger partial charge in [0.1, 0.15) is 43.0 Å². The number of imide groups is 1. The van der Waals surface area contributed by atoms with Crippen LogP contribution in [0.25, 0.3) is 0 Å². The topological polar surface area (TPSA) is 307 Å². The fraction of sp³-hybridized carbons (Fsp3) is 0.564. The second-order valence-electron chi connectivity index (χ2n) is 14.8. The van der Waals surface area contributed by atoms with Gasteiger partial charge in [-0.1, -0.05) is 25.1 Å². The first-order valence-corrected chi connectivity index (χ1v) is 19.5. The van der Waals surface area contributed by atoms with E-state index in [-0.39, 0.29) is 37.3 Å². The van der Waals surface area contributed by atoms with Crippen LogP contribution in [-0.4, -0.2) is 157 Å². The third-order valence-electron chi connectivity index (χ3n) is 9.90. The van der Waals surface area contributed by atoms with Gasteiger partial charge in [-0.05, 0) is 48.9 Å². The number of nitrogens with one attached hydrogen (secondary N) is 3. The molecule has 0 bridgehead atoms. The number of methoxy groups -OCH3 is 1. The van der Waals surface area contributed by atoms with Crippen molar-refractivity contribution >= 4 is 47.2 Å². The quantitative estimate of drug-likeness (QED) is 0.0382. The average molecular weight is 860 g/mol. The van der Waals surface area contributed by atoms with Crippen molar-refractivity contribution in [1.82, 2.24) is 30.5 Å². The highest BCUT2D eigenvalue weighted by Crippen LogP contribution is 2.27. The molecule has 0 saturated carbocycles. The second kappa shape index (κ2) is 22.3. The maximum absolute atomic E-state index is 13.8. The van der Waals surface area contributed by atoms with E-state index in [0.717, 1.165) is 17.1 Å². The van der Waals surface area contributed by atoms with E-state index in [2.05, 4.69) is 26.3 Å². The minimum absolute atomic E-state index is 0.0450. The van der Waals surface area contributed by atoms with Crippen LogP contribution in [0.2, 0.25) is 0 Å². The Morgan fingerprint density at radius 1 is 0.902 bits per heavy atom. The van der Waals surface area contributed by atoms with Gasteiger partial charge in [-0.15, -0.1) is 5.10 Å². The van der Waals surface area contributed by atoms with Gasteiger partial charge in [0.2, 0.25) is 17.7 Å². The minimum atomic E-state index is -1.86. The van der Waals surface area contributed by atoms with Gasteiger partial charge in [0.05, 0.1) is 38.2 Å². The number of carbonyl (C=O) groups is 7. The van der Waals surface area contributed by atoms with Crippen molar-refractivity contribution in [2.45, 2.75) is 109 Å². The van der Waals surface area contributed by atoms with E-state index in [9.17, 15) is 54.0 Å². The van der Waals surface area contributed by atoms with E-state index in [4.69, 9.17) is 18.9 Å². The molecule has 22 nitrogen and oxygen atoms in total. The van der Waals surface area contributed by atoms with Crippen LogP contribution in [0.3, 0.4) is 0 Å². The van der Waals surface area contributed by atoms with Crippen LogP contribution in [-0.2, 0) is 78.5 Å². The second-order valence-corrected chi connectivity index (χ2v) is 14.8. The number of aliphatic hydroxyl groups is 3. The summed E-state index contributed by atoms with van der Waals surface area (Å²) < 4.78 is 22.4. The number of benzene rings is 1. The van der Waals surface area contributed by atoms with Crippen molar-refractivity contribution in [3.05, 3.63) is 53.4 Å². The fourth-order valence-corrected chi connectivity index (χ4v) is 6.51. The van der Waals surface area contributed by atoms with E-state index >= 15 is 0 Å². The Balaban J connectivity index is 1.43. The standard InChI is InChI=1S/C39H53N7O15/c1-20(2)31(42-37(54)27(46-29(48)10-11-30(46)49)17-26-18-45(44-43-26)12-13-59-15-14-58-5)38(55)40-21(3)36(53)41-25-8-6-24(19-60-22(4)47)23(16-25)7-9-28-32(50)33(51)34(52)35(61-28)39(56)57/h6,8,10-11,16,18,20-21,27-28,31-35,50-52H,7,9,12-15,17,19H2,1-5H3,(H,40,55)(H,41,53)(H,42,54)(H,56,57)/t21-,27?,28-,31-,32-,33+,34-,35-/m0/s1. The van der Waals surface area contributed by atoms with Crippen LogP contribution < -0.4 is 16.0 Å². The number of aryl methyl sites for hydroxylation is 1. The van der Waals surface area contributed by atoms with Crippen molar-refractivity contribution in [2.24, 2.45) is 5.92 Å². The predicted octanol–water partition coefficient (Wildman–Crippen LogP) is -2.01. The van der Waals surface area contributed by atoms with Crippen LogP contribution in [0.1, 0.15) is 50.9 Å². The summed E-state index contributed by atoms with van der Waals surface area (Å²) in [5, 5.41) is 56.2. The maximum atomic E-state index is 13.8. The molecule has 5 amide bonds. The van der Waals surface area contributed by atoms with Gasteiger partial charge in [-0.25, -0.2) is 9.48 Å². The lowest BCUT2D eigenvalue weighted by Crippen LogP contribution is -2.59. The van der Waals surface area contributed by atoms with Crippen molar-refractivity contribution in [2.75, 3.05) is 32.2 Å². The lowest BCUT2D eigenvalue weighted by Gasteiger charge is -2.39. The summed E-state index contributed by atoms with van der Waals surface area (Å²) in [4.78, 5) is 90.3. The van der Waals surface area contributed by atoms with Crippen LogP contribution in [0, 0.1) is 5.92 Å². The zero-order valence-electron chi connectivity index (χ0n) is 34.4. The van der Waals surface area contributed by atoms with Gasteiger partial charge < -0.3 is 55.3 Å². The highest BCUT2D eigenvalue weighted by Gasteiger charge is 2.46. The van der Waals surface area contributed by atoms with Gasteiger partial charge in [0.25, 0.3) is 11.8 Å². The number of aliphatic hydroxyl groups excluding tert-OH is 3. The molecule has 3 heterocycles. The molecule has 1 fully saturated rings. The first-order valence-electron chi connectivity index (χ1n) is 19.5. The third kappa shape index (κ3) is 13.2. The molecule has 61 heavy (non-hydrogen) atoms. The number of carbonyl (C=O) groups excluding carboxylic acids is 6. The molecule has 7 N–H and O–H groups in total. The summed E-state index contributed by atoms with van der Waals surface area (Å²) in [7, 11) is 1.55. The third-order valence-corrected chi connectivity index (χ3v) is 9.90. The molecular formula is C39H53N7O15. The van der Waals surface area contributed by atoms with E-state index < -0.39 is 96.0 Å². The molecule has 334 valence electrons. The Kier molecular flexibility index (Phi) is 17.5. The maximum Gasteiger partial charge on any atom is 0.335 e. The summed E-state index contributed by atoms with van der Waals surface area (Å²) in [6, 6.07) is 0.827. The van der Waals surface area contributed by atoms with Crippen LogP contribution in [0.5, 0.6) is 0 Å². The largest absolute Gasteiger partial charge is 0.479 e. The van der Waals surface area contributed by atoms with Crippen molar-refractivity contribution in [1.29, 1.82) is 0 Å². The van der Waals surface area contributed by atoms with Crippen molar-refractivity contribution in [3.63, 3.8) is 0 Å². The number of anilines is 1. The molecule has 1 aromatic heterocycles. The molecule has 2 aromatic rings. The van der Waals surface area contributed by atoms with E-state index in [1.54, 1.807) is 39.3 Å². The van der Waals surface area contributed by atoms with Gasteiger partial charge in [-0.3, -0.25) is 33.7 Å². The Bertz CT molecular complexity index is 1920. The average Bonchev–Trinajstić information content (AvgIpc) is 3.80. The first kappa shape index (κ1) is 48.0. The monoisotopic (exact) mass is 859 g/mol. The lowest BCUT2D eigenvalue weighted by molar-refractivity contribution is -0.228. The summed E-state index contributed by atoms with van der Waals surface area (Å²) in [6.45, 7) is 7.19. The minimum Gasteiger partial charge on any atom is -0.479 e. The molecule has 0 aliphatic carbocycles. The first-order chi connectivity index (χ1) is 28.9. The smallest absolute Gasteiger partial charge is 0.335 e. The lowest BCUT2D eigenvalue weighted by atomic mass is 9.91. The Morgan fingerprint density at radius 3 is 2.25 bits per heavy atom. The number of hydrogen-bond acceptors (Lipinski definition) is 16. The summed E-state index contributed by atoms with van der Waals surface area (Å²) in [5.74, 6) is -6.32. The van der Waals surface area contributed by atoms with E-state index in [1.807, 2.05) is 0 Å². The number of carboxylic acid groups (broad SMARTS) is 1. The molecule has 8 atom stereocenters. The summed E-state index contributed by atoms with van der Waals surface area (Å²) in [5.41, 5.74) is 1.53. The Labute approximate surface area is 350 Å². The number of aromatic nitrogens is 3. The normalized spacial score (nSPS) is 21.5. The van der Waals surface area contributed by atoms with E-state index in [1.165, 1.54) is 24.6 Å². The number of aliphatic carboxylic acids is 1. The molecule has 0 radical (unpaired) electrons. The molecule has 1 saturated heterocycles. The van der Waals surface area contributed by atoms with Crippen LogP contribution in [0.4, 0.5) is 5.69 Å². The molecule has 4 rings (SSSR count). The molecule has 1 aromatic carbocycles. The highest BCUT2D eigenvalue weighted by molar-refractivity contribution is 6.15. The number of esters is 1. The number of hydrogen-bond donors (Lipinski definition) is 7. The summed E-state index contributed by atoms with van der Waals surface area (Å²) >= 11 is 0. The van der Waals surface area contributed by atoms with Gasteiger partial charge in [-0.2, -0.15) is 0 Å². The zero-order chi connectivity index (χ0) is 45.0. The SMILES string of the molecule is COCCOCCn1cc(CC(C(=O)N[C@H](C(=O)N[C@@H](C)C(=O)Nc2ccc(COC(C)=O)c(CC[C@@H]3O[C@H](C(=O)O)[C@@H](O)[C@H](O)[C@H]3O)c2)C(C)C)N2C(=O)C=CC2=O)nn1. The Morgan fingerprint density at radius 2 is 1.61 bits per heavy atom.